The summed E-state index contributed by atoms with van der Waals surface area (Å²) in [7, 11) is 0. The summed E-state index contributed by atoms with van der Waals surface area (Å²) in [6.45, 7) is 10.4. The molecule has 0 spiro atoms. The molecule has 0 saturated heterocycles. The average Bonchev–Trinajstić information content (AvgIpc) is 2.53. The highest BCUT2D eigenvalue weighted by Gasteiger charge is 2.28. The molecule has 1 aliphatic carbocycles. The summed E-state index contributed by atoms with van der Waals surface area (Å²) in [6.07, 6.45) is 4.22. The first-order valence-corrected chi connectivity index (χ1v) is 6.98. The molecule has 84 valence electrons. The van der Waals surface area contributed by atoms with E-state index in [0.717, 1.165) is 29.0 Å². The first-order chi connectivity index (χ1) is 6.65. The predicted octanol–water partition coefficient (Wildman–Crippen LogP) is 3.29. The first-order valence-electron chi connectivity index (χ1n) is 6.04. The van der Waals surface area contributed by atoms with E-state index < -0.39 is 0 Å². The van der Waals surface area contributed by atoms with Crippen molar-refractivity contribution in [3.63, 3.8) is 0 Å². The van der Waals surface area contributed by atoms with Gasteiger partial charge < -0.3 is 5.32 Å². The Bertz CT molecular complexity index is 158. The summed E-state index contributed by atoms with van der Waals surface area (Å²) < 4.78 is 0. The molecule has 0 aromatic carbocycles. The van der Waals surface area contributed by atoms with Gasteiger partial charge in [-0.15, -0.1) is 0 Å². The molecule has 1 fully saturated rings. The highest BCUT2D eigenvalue weighted by atomic mass is 32.2. The van der Waals surface area contributed by atoms with Gasteiger partial charge in [-0.2, -0.15) is 11.8 Å². The molecule has 0 amide bonds. The average molecular weight is 215 g/mol. The van der Waals surface area contributed by atoms with E-state index in [1.54, 1.807) is 0 Å². The van der Waals surface area contributed by atoms with E-state index in [4.69, 9.17) is 0 Å². The molecule has 0 bridgehead atoms. The van der Waals surface area contributed by atoms with Crippen LogP contribution in [0.15, 0.2) is 0 Å². The molecule has 1 aliphatic rings. The van der Waals surface area contributed by atoms with Crippen LogP contribution in [0.1, 0.15) is 47.0 Å². The molecule has 0 aliphatic heterocycles. The number of rotatable bonds is 5. The van der Waals surface area contributed by atoms with Crippen LogP contribution in [0.2, 0.25) is 0 Å². The second-order valence-electron chi connectivity index (χ2n) is 4.72. The van der Waals surface area contributed by atoms with Crippen molar-refractivity contribution in [3.8, 4) is 0 Å². The lowest BCUT2D eigenvalue weighted by molar-refractivity contribution is 0.546. The van der Waals surface area contributed by atoms with Gasteiger partial charge in [0.1, 0.15) is 0 Å². The third kappa shape index (κ3) is 3.47. The van der Waals surface area contributed by atoms with Crippen LogP contribution < -0.4 is 5.32 Å². The molecule has 0 aromatic rings. The minimum absolute atomic E-state index is 0.784. The quantitative estimate of drug-likeness (QED) is 0.755. The normalized spacial score (nSPS) is 29.8. The third-order valence-corrected chi connectivity index (χ3v) is 5.13. The lowest BCUT2D eigenvalue weighted by Gasteiger charge is -2.25. The van der Waals surface area contributed by atoms with Gasteiger partial charge in [-0.05, 0) is 25.3 Å². The second-order valence-corrected chi connectivity index (χ2v) is 6.34. The zero-order chi connectivity index (χ0) is 10.6. The minimum Gasteiger partial charge on any atom is -0.313 e. The van der Waals surface area contributed by atoms with Gasteiger partial charge in [0.05, 0.1) is 0 Å². The van der Waals surface area contributed by atoms with Gasteiger partial charge in [-0.3, -0.25) is 0 Å². The first kappa shape index (κ1) is 12.4. The van der Waals surface area contributed by atoms with Crippen LogP contribution in [0, 0.1) is 5.92 Å². The number of nitrogens with one attached hydrogen (secondary N) is 1. The van der Waals surface area contributed by atoms with E-state index in [0.29, 0.717) is 0 Å². The van der Waals surface area contributed by atoms with E-state index in [1.165, 1.54) is 19.3 Å². The van der Waals surface area contributed by atoms with Crippen LogP contribution in [0.25, 0.3) is 0 Å². The van der Waals surface area contributed by atoms with E-state index in [9.17, 15) is 0 Å². The Morgan fingerprint density at radius 3 is 2.57 bits per heavy atom. The zero-order valence-electron chi connectivity index (χ0n) is 10.0. The van der Waals surface area contributed by atoms with Gasteiger partial charge >= 0.3 is 0 Å². The van der Waals surface area contributed by atoms with Crippen molar-refractivity contribution in [2.24, 2.45) is 5.92 Å². The Kier molecular flexibility index (Phi) is 5.32. The second kappa shape index (κ2) is 6.02. The fourth-order valence-electron chi connectivity index (χ4n) is 2.02. The molecule has 1 N–H and O–H groups in total. The van der Waals surface area contributed by atoms with E-state index in [2.05, 4.69) is 44.8 Å². The van der Waals surface area contributed by atoms with Crippen LogP contribution in [-0.4, -0.2) is 23.1 Å². The molecule has 2 heteroatoms. The van der Waals surface area contributed by atoms with Crippen molar-refractivity contribution in [3.05, 3.63) is 0 Å². The fraction of sp³-hybridized carbons (Fsp3) is 1.00. The molecule has 0 heterocycles. The van der Waals surface area contributed by atoms with Gasteiger partial charge in [0.2, 0.25) is 0 Å². The summed E-state index contributed by atoms with van der Waals surface area (Å²) in [5, 5.41) is 5.29. The van der Waals surface area contributed by atoms with Crippen molar-refractivity contribution in [1.29, 1.82) is 0 Å². The van der Waals surface area contributed by atoms with Gasteiger partial charge in [0.25, 0.3) is 0 Å². The standard InChI is InChI=1S/C12H25NS/c1-5-13-11-7-6-8-12(11)14-10(4)9(2)3/h9-13H,5-8H2,1-4H3. The summed E-state index contributed by atoms with van der Waals surface area (Å²) in [4.78, 5) is 0. The van der Waals surface area contributed by atoms with E-state index >= 15 is 0 Å². The van der Waals surface area contributed by atoms with Crippen LogP contribution in [0.3, 0.4) is 0 Å². The number of thioether (sulfide) groups is 1. The molecule has 3 atom stereocenters. The molecule has 0 aromatic heterocycles. The van der Waals surface area contributed by atoms with E-state index in [-0.39, 0.29) is 0 Å². The minimum atomic E-state index is 0.784. The molecule has 1 rings (SSSR count). The van der Waals surface area contributed by atoms with E-state index in [1.807, 2.05) is 0 Å². The summed E-state index contributed by atoms with van der Waals surface area (Å²) >= 11 is 2.20. The fourth-order valence-corrected chi connectivity index (χ4v) is 3.61. The van der Waals surface area contributed by atoms with Crippen molar-refractivity contribution in [2.45, 2.75) is 63.5 Å². The summed E-state index contributed by atoms with van der Waals surface area (Å²) in [5.41, 5.74) is 0. The van der Waals surface area contributed by atoms with Gasteiger partial charge in [0.15, 0.2) is 0 Å². The Labute approximate surface area is 93.4 Å². The van der Waals surface area contributed by atoms with Gasteiger partial charge in [-0.25, -0.2) is 0 Å². The van der Waals surface area contributed by atoms with Crippen LogP contribution >= 0.6 is 11.8 Å². The Morgan fingerprint density at radius 1 is 1.29 bits per heavy atom. The van der Waals surface area contributed by atoms with Crippen molar-refractivity contribution >= 4 is 11.8 Å². The third-order valence-electron chi connectivity index (χ3n) is 3.25. The smallest absolute Gasteiger partial charge is 0.0203 e. The Hall–Kier alpha value is 0.310. The maximum Gasteiger partial charge on any atom is 0.0203 e. The highest BCUT2D eigenvalue weighted by molar-refractivity contribution is 8.00. The molecule has 0 radical (unpaired) electrons. The zero-order valence-corrected chi connectivity index (χ0v) is 10.9. The predicted molar refractivity (Wildman–Crippen MR) is 67.0 cm³/mol. The van der Waals surface area contributed by atoms with Crippen LogP contribution in [0.4, 0.5) is 0 Å². The van der Waals surface area contributed by atoms with Crippen molar-refractivity contribution in [1.82, 2.24) is 5.32 Å². The topological polar surface area (TPSA) is 12.0 Å². The largest absolute Gasteiger partial charge is 0.313 e. The molecular weight excluding hydrogens is 190 g/mol. The lowest BCUT2D eigenvalue weighted by Crippen LogP contribution is -2.35. The number of hydrogen-bond donors (Lipinski definition) is 1. The molecular formula is C12H25NS. The highest BCUT2D eigenvalue weighted by Crippen LogP contribution is 2.34. The van der Waals surface area contributed by atoms with Crippen LogP contribution in [0.5, 0.6) is 0 Å². The van der Waals surface area contributed by atoms with Gasteiger partial charge in [0, 0.05) is 16.5 Å². The SMILES string of the molecule is CCNC1CCCC1SC(C)C(C)C. The molecule has 14 heavy (non-hydrogen) atoms. The maximum absolute atomic E-state index is 3.62. The van der Waals surface area contributed by atoms with Crippen molar-refractivity contribution in [2.75, 3.05) is 6.54 Å². The van der Waals surface area contributed by atoms with Gasteiger partial charge in [-0.1, -0.05) is 34.1 Å². The van der Waals surface area contributed by atoms with Crippen LogP contribution in [-0.2, 0) is 0 Å². The molecule has 3 unspecified atom stereocenters. The summed E-state index contributed by atoms with van der Waals surface area (Å²) in [5.74, 6) is 0.808. The Morgan fingerprint density at radius 2 is 2.00 bits per heavy atom. The lowest BCUT2D eigenvalue weighted by atomic mass is 10.2. The van der Waals surface area contributed by atoms with Crippen molar-refractivity contribution < 1.29 is 0 Å². The summed E-state index contributed by atoms with van der Waals surface area (Å²) in [6, 6.07) is 0.784. The molecule has 1 saturated carbocycles. The Balaban J connectivity index is 2.35. The maximum atomic E-state index is 3.62. The molecule has 1 nitrogen and oxygen atoms in total. The number of hydrogen-bond acceptors (Lipinski definition) is 2. The monoisotopic (exact) mass is 215 g/mol.